The van der Waals surface area contributed by atoms with Gasteiger partial charge in [-0.05, 0) is 6.07 Å². The first-order chi connectivity index (χ1) is 9.77. The molecule has 0 saturated heterocycles. The van der Waals surface area contributed by atoms with Gasteiger partial charge in [-0.3, -0.25) is 4.79 Å². The molecule has 4 nitrogen and oxygen atoms in total. The summed E-state index contributed by atoms with van der Waals surface area (Å²) >= 11 is 0. The number of hydrogen-bond donors (Lipinski definition) is 1. The van der Waals surface area contributed by atoms with Crippen LogP contribution in [-0.4, -0.2) is 23.5 Å². The average Bonchev–Trinajstić information content (AvgIpc) is 2.97. The minimum absolute atomic E-state index is 0.0555. The van der Waals surface area contributed by atoms with Crippen molar-refractivity contribution in [2.75, 3.05) is 6.54 Å². The summed E-state index contributed by atoms with van der Waals surface area (Å²) < 4.78 is 0. The van der Waals surface area contributed by atoms with Crippen LogP contribution in [0.4, 0.5) is 0 Å². The summed E-state index contributed by atoms with van der Waals surface area (Å²) in [4.78, 5) is 12.5. The number of carbonyl (C=O) groups excluding carboxylic acids is 1. The molecule has 0 unspecified atom stereocenters. The second-order valence-corrected chi connectivity index (χ2v) is 4.78. The quantitative estimate of drug-likeness (QED) is 0.867. The smallest absolute Gasteiger partial charge is 0.189 e. The fourth-order valence-corrected chi connectivity index (χ4v) is 2.48. The third kappa shape index (κ3) is 2.20. The van der Waals surface area contributed by atoms with Gasteiger partial charge in [-0.25, -0.2) is 0 Å². The predicted octanol–water partition coefficient (Wildman–Crippen LogP) is 3.19. The van der Waals surface area contributed by atoms with Crippen LogP contribution in [0, 0.1) is 0 Å². The lowest BCUT2D eigenvalue weighted by Gasteiger charge is -2.16. The molecular weight excluding hydrogens is 252 g/mol. The van der Waals surface area contributed by atoms with Gasteiger partial charge in [0.2, 0.25) is 0 Å². The summed E-state index contributed by atoms with van der Waals surface area (Å²) in [5.41, 5.74) is 1.35. The maximum atomic E-state index is 12.5. The number of carbonyl (C=O) groups is 1. The Balaban J connectivity index is 1.92. The van der Waals surface area contributed by atoms with E-state index in [-0.39, 0.29) is 17.5 Å². The van der Waals surface area contributed by atoms with Gasteiger partial charge in [0.25, 0.3) is 0 Å². The number of phenols is 1. The molecule has 0 aromatic heterocycles. The second kappa shape index (κ2) is 5.25. The number of Topliss-reactive ketones (excluding diaryl/α,β-unsaturated/α-hetero) is 1. The van der Waals surface area contributed by atoms with Gasteiger partial charge in [-0.1, -0.05) is 48.5 Å². The standard InChI is InChI=1S/C16H14N2O2/c19-14-9-5-4-8-12(14)13-10-17-18-15(13)16(20)11-6-2-1-3-7-11/h1-9,13,15,19H,10H2/t13-,15-/m1/s1. The Kier molecular flexibility index (Phi) is 3.29. The van der Waals surface area contributed by atoms with Crippen LogP contribution in [0.15, 0.2) is 64.8 Å². The number of benzene rings is 2. The molecule has 4 heteroatoms. The number of azo groups is 1. The predicted molar refractivity (Wildman–Crippen MR) is 75.1 cm³/mol. The Labute approximate surface area is 116 Å². The molecule has 1 N–H and O–H groups in total. The third-order valence-corrected chi connectivity index (χ3v) is 3.53. The number of ketones is 1. The lowest BCUT2D eigenvalue weighted by atomic mass is 9.87. The van der Waals surface area contributed by atoms with Crippen molar-refractivity contribution in [1.82, 2.24) is 0 Å². The first kappa shape index (κ1) is 12.5. The highest BCUT2D eigenvalue weighted by Crippen LogP contribution is 2.34. The van der Waals surface area contributed by atoms with Crippen molar-refractivity contribution in [3.8, 4) is 5.75 Å². The minimum Gasteiger partial charge on any atom is -0.508 e. The van der Waals surface area contributed by atoms with Gasteiger partial charge in [0.05, 0.1) is 6.54 Å². The molecule has 20 heavy (non-hydrogen) atoms. The van der Waals surface area contributed by atoms with Crippen molar-refractivity contribution in [1.29, 1.82) is 0 Å². The van der Waals surface area contributed by atoms with Gasteiger partial charge in [0.15, 0.2) is 5.78 Å². The molecule has 0 saturated carbocycles. The van der Waals surface area contributed by atoms with E-state index in [0.717, 1.165) is 5.56 Å². The largest absolute Gasteiger partial charge is 0.508 e. The van der Waals surface area contributed by atoms with Crippen LogP contribution >= 0.6 is 0 Å². The zero-order valence-electron chi connectivity index (χ0n) is 10.8. The Bertz CT molecular complexity index is 653. The van der Waals surface area contributed by atoms with Crippen LogP contribution in [-0.2, 0) is 0 Å². The van der Waals surface area contributed by atoms with Gasteiger partial charge in [-0.2, -0.15) is 10.2 Å². The van der Waals surface area contributed by atoms with Crippen LogP contribution < -0.4 is 0 Å². The number of phenolic OH excluding ortho intramolecular Hbond substituents is 1. The number of nitrogens with zero attached hydrogens (tertiary/aromatic N) is 2. The number of rotatable bonds is 3. The number of aromatic hydroxyl groups is 1. The van der Waals surface area contributed by atoms with Gasteiger partial charge in [-0.15, -0.1) is 0 Å². The summed E-state index contributed by atoms with van der Waals surface area (Å²) in [5.74, 6) is -0.0559. The average molecular weight is 266 g/mol. The fraction of sp³-hybridized carbons (Fsp3) is 0.188. The third-order valence-electron chi connectivity index (χ3n) is 3.53. The van der Waals surface area contributed by atoms with Crippen LogP contribution in [0.25, 0.3) is 0 Å². The first-order valence-corrected chi connectivity index (χ1v) is 6.51. The van der Waals surface area contributed by atoms with Gasteiger partial charge >= 0.3 is 0 Å². The Morgan fingerprint density at radius 3 is 2.50 bits per heavy atom. The highest BCUT2D eigenvalue weighted by Gasteiger charge is 2.35. The van der Waals surface area contributed by atoms with Crippen LogP contribution in [0.2, 0.25) is 0 Å². The molecule has 0 radical (unpaired) electrons. The van der Waals surface area contributed by atoms with E-state index in [4.69, 9.17) is 0 Å². The highest BCUT2D eigenvalue weighted by molar-refractivity contribution is 6.01. The van der Waals surface area contributed by atoms with E-state index in [1.54, 1.807) is 24.3 Å². The maximum absolute atomic E-state index is 12.5. The van der Waals surface area contributed by atoms with E-state index in [9.17, 15) is 9.90 Å². The SMILES string of the molecule is O=C(c1ccccc1)[C@@H]1N=NC[C@@H]1c1ccccc1O. The molecule has 1 aliphatic heterocycles. The molecule has 0 amide bonds. The molecule has 100 valence electrons. The van der Waals surface area contributed by atoms with Crippen molar-refractivity contribution < 1.29 is 9.90 Å². The van der Waals surface area contributed by atoms with Crippen molar-refractivity contribution in [2.45, 2.75) is 12.0 Å². The summed E-state index contributed by atoms with van der Waals surface area (Å²) in [6.45, 7) is 0.431. The lowest BCUT2D eigenvalue weighted by molar-refractivity contribution is 0.0955. The molecule has 2 aromatic rings. The van der Waals surface area contributed by atoms with E-state index in [0.29, 0.717) is 12.1 Å². The van der Waals surface area contributed by atoms with Crippen molar-refractivity contribution in [3.63, 3.8) is 0 Å². The lowest BCUT2D eigenvalue weighted by Crippen LogP contribution is -2.24. The molecule has 2 atom stereocenters. The molecule has 2 aromatic carbocycles. The van der Waals surface area contributed by atoms with E-state index >= 15 is 0 Å². The zero-order chi connectivity index (χ0) is 13.9. The van der Waals surface area contributed by atoms with Crippen LogP contribution in [0.1, 0.15) is 21.8 Å². The number of para-hydroxylation sites is 1. The topological polar surface area (TPSA) is 62.0 Å². The summed E-state index contributed by atoms with van der Waals surface area (Å²) in [6.07, 6.45) is 0. The van der Waals surface area contributed by atoms with E-state index in [1.807, 2.05) is 30.3 Å². The molecule has 1 heterocycles. The molecule has 3 rings (SSSR count). The highest BCUT2D eigenvalue weighted by atomic mass is 16.3. The molecule has 1 aliphatic rings. The molecule has 0 fully saturated rings. The van der Waals surface area contributed by atoms with Crippen molar-refractivity contribution in [2.24, 2.45) is 10.2 Å². The summed E-state index contributed by atoms with van der Waals surface area (Å²) in [7, 11) is 0. The Hall–Kier alpha value is -2.49. The Morgan fingerprint density at radius 2 is 1.75 bits per heavy atom. The first-order valence-electron chi connectivity index (χ1n) is 6.51. The van der Waals surface area contributed by atoms with Gasteiger partial charge < -0.3 is 5.11 Å². The van der Waals surface area contributed by atoms with Gasteiger partial charge in [0, 0.05) is 17.0 Å². The fourth-order valence-electron chi connectivity index (χ4n) is 2.48. The van der Waals surface area contributed by atoms with Crippen LogP contribution in [0.3, 0.4) is 0 Å². The van der Waals surface area contributed by atoms with E-state index < -0.39 is 6.04 Å². The monoisotopic (exact) mass is 266 g/mol. The van der Waals surface area contributed by atoms with Crippen molar-refractivity contribution in [3.05, 3.63) is 65.7 Å². The number of hydrogen-bond acceptors (Lipinski definition) is 4. The maximum Gasteiger partial charge on any atom is 0.189 e. The molecular formula is C16H14N2O2. The van der Waals surface area contributed by atoms with E-state index in [2.05, 4.69) is 10.2 Å². The molecule has 0 aliphatic carbocycles. The van der Waals surface area contributed by atoms with Crippen molar-refractivity contribution >= 4 is 5.78 Å². The summed E-state index contributed by atoms with van der Waals surface area (Å²) in [5, 5.41) is 18.0. The summed E-state index contributed by atoms with van der Waals surface area (Å²) in [6, 6.07) is 15.6. The second-order valence-electron chi connectivity index (χ2n) is 4.78. The Morgan fingerprint density at radius 1 is 1.05 bits per heavy atom. The van der Waals surface area contributed by atoms with Crippen LogP contribution in [0.5, 0.6) is 5.75 Å². The zero-order valence-corrected chi connectivity index (χ0v) is 10.8. The molecule has 0 bridgehead atoms. The molecule has 0 spiro atoms. The van der Waals surface area contributed by atoms with E-state index in [1.165, 1.54) is 0 Å². The normalized spacial score (nSPS) is 21.0. The van der Waals surface area contributed by atoms with Gasteiger partial charge in [0.1, 0.15) is 11.8 Å². The minimum atomic E-state index is -0.550.